The van der Waals surface area contributed by atoms with E-state index in [0.29, 0.717) is 31.0 Å². The lowest BCUT2D eigenvalue weighted by Crippen LogP contribution is -2.52. The minimum Gasteiger partial charge on any atom is -0.379 e. The molecule has 0 aromatic heterocycles. The van der Waals surface area contributed by atoms with Gasteiger partial charge in [0.15, 0.2) is 0 Å². The molecule has 1 aromatic carbocycles. The maximum Gasteiger partial charge on any atom is 0.225 e. The third-order valence-electron chi connectivity index (χ3n) is 9.13. The Hall–Kier alpha value is -3.80. The first-order chi connectivity index (χ1) is 30.1. The number of aldehydes is 1. The zero-order chi connectivity index (χ0) is 50.8. The monoisotopic (exact) mass is 903 g/mol. The summed E-state index contributed by atoms with van der Waals surface area (Å²) in [4.78, 5) is 65.7. The van der Waals surface area contributed by atoms with Crippen molar-refractivity contribution >= 4 is 37.7 Å². The number of amides is 4. The largest absolute Gasteiger partial charge is 0.379 e. The van der Waals surface area contributed by atoms with Crippen LogP contribution in [0.1, 0.15) is 118 Å². The standard InChI is InChI=1S/C25H48N2O4.C11H15NO.C3H8.C2H5NO.C2H7N.CH3NO.2CH5N.CH2O/c1-10-19(6)24(26(7)22(28)14-13-17(2)3)21(30-8)16-23(29)27-15-11-12-20(27)25(31-9)18(4)5;1-2-10-4-3-5-11(8-10)6-7-12-9-13;1-3-2;3-1-2-4;1-3-2;2-1-3;3*1-2/h17-21,24-25H,10-16H2,1-9H3;3-5,8-9H,2,6-7H2,1H3,(H,12,13);3H2,1-2H3;2H,1,3H2;3H,1-2H3;1H,(H2,2,3);2*2H2,1H3;1H2. The van der Waals surface area contributed by atoms with E-state index in [9.17, 15) is 14.4 Å². The van der Waals surface area contributed by atoms with Crippen LogP contribution in [0, 0.1) is 17.8 Å². The number of aryl methyl sites for hydroxylation is 1. The van der Waals surface area contributed by atoms with Crippen LogP contribution in [0.5, 0.6) is 0 Å². The van der Waals surface area contributed by atoms with Crippen LogP contribution in [-0.2, 0) is 51.1 Å². The molecule has 1 heterocycles. The molecule has 5 atom stereocenters. The third-order valence-corrected chi connectivity index (χ3v) is 9.13. The first-order valence-corrected chi connectivity index (χ1v) is 22.3. The van der Waals surface area contributed by atoms with E-state index in [1.165, 1.54) is 31.6 Å². The molecule has 16 heteroatoms. The van der Waals surface area contributed by atoms with E-state index in [-0.39, 0.29) is 55.0 Å². The van der Waals surface area contributed by atoms with Gasteiger partial charge in [-0.2, -0.15) is 0 Å². The van der Waals surface area contributed by atoms with Crippen molar-refractivity contribution in [1.29, 1.82) is 0 Å². The summed E-state index contributed by atoms with van der Waals surface area (Å²) in [5, 5.41) is 5.40. The molecule has 1 saturated heterocycles. The van der Waals surface area contributed by atoms with Gasteiger partial charge in [0, 0.05) is 47.3 Å². The summed E-state index contributed by atoms with van der Waals surface area (Å²) in [5.74, 6) is 1.31. The number of rotatable bonds is 19. The van der Waals surface area contributed by atoms with Gasteiger partial charge in [0.05, 0.1) is 30.7 Å². The number of ether oxygens (including phenoxy) is 2. The van der Waals surface area contributed by atoms with Gasteiger partial charge in [-0.15, -0.1) is 0 Å². The van der Waals surface area contributed by atoms with Gasteiger partial charge in [0.2, 0.25) is 24.6 Å². The van der Waals surface area contributed by atoms with Crippen molar-refractivity contribution in [1.82, 2.24) is 20.4 Å². The summed E-state index contributed by atoms with van der Waals surface area (Å²) in [7, 11) is 12.0. The zero-order valence-corrected chi connectivity index (χ0v) is 42.7. The molecule has 1 aliphatic rings. The molecule has 63 heavy (non-hydrogen) atoms. The lowest BCUT2D eigenvalue weighted by atomic mass is 9.90. The van der Waals surface area contributed by atoms with Crippen LogP contribution < -0.4 is 33.6 Å². The number of primary amides is 1. The van der Waals surface area contributed by atoms with E-state index in [1.807, 2.05) is 37.7 Å². The van der Waals surface area contributed by atoms with Gasteiger partial charge in [-0.05, 0) is 89.2 Å². The number of hydrogen-bond acceptors (Lipinski definition) is 12. The van der Waals surface area contributed by atoms with Crippen LogP contribution >= 0.6 is 0 Å². The third kappa shape index (κ3) is 40.7. The Kier molecular flexibility index (Phi) is 65.7. The van der Waals surface area contributed by atoms with Crippen molar-refractivity contribution < 1.29 is 38.2 Å². The highest BCUT2D eigenvalue weighted by Gasteiger charge is 2.39. The SMILES string of the molecule is C=O.CCC.CCC(C)C(C(CC(=O)N1CCCC1C(OC)C(C)C)OC)N(C)C(=O)CCC(C)C.CCc1cccc(CCNC=O)c1.CN.CN.CNC.NC=O.NCC=O. The maximum atomic E-state index is 13.4. The summed E-state index contributed by atoms with van der Waals surface area (Å²) in [5.41, 5.74) is 20.5. The maximum absolute atomic E-state index is 13.4. The minimum atomic E-state index is -0.322. The summed E-state index contributed by atoms with van der Waals surface area (Å²) >= 11 is 0. The smallest absolute Gasteiger partial charge is 0.225 e. The van der Waals surface area contributed by atoms with Gasteiger partial charge < -0.3 is 62.4 Å². The Morgan fingerprint density at radius 3 is 1.83 bits per heavy atom. The summed E-state index contributed by atoms with van der Waals surface area (Å²) in [6, 6.07) is 8.45. The Labute approximate surface area is 385 Å². The number of likely N-dealkylation sites (tertiary alicyclic amines) is 1. The lowest BCUT2D eigenvalue weighted by Gasteiger charge is -2.39. The van der Waals surface area contributed by atoms with Gasteiger partial charge in [0.25, 0.3) is 0 Å². The molecular formula is C47H98N8O8. The molecular weight excluding hydrogens is 805 g/mol. The summed E-state index contributed by atoms with van der Waals surface area (Å²) in [6.07, 6.45) is 9.18. The fourth-order valence-electron chi connectivity index (χ4n) is 6.22. The average molecular weight is 903 g/mol. The van der Waals surface area contributed by atoms with Crippen molar-refractivity contribution in [2.75, 3.05) is 69.1 Å². The molecule has 1 aromatic rings. The number of carbonyl (C=O) groups excluding carboxylic acids is 6. The van der Waals surface area contributed by atoms with E-state index >= 15 is 0 Å². The molecule has 0 spiro atoms. The molecule has 1 aliphatic heterocycles. The number of carbonyl (C=O) groups is 6. The first-order valence-electron chi connectivity index (χ1n) is 22.3. The number of methoxy groups -OCH3 is 2. The molecule has 16 nitrogen and oxygen atoms in total. The molecule has 374 valence electrons. The normalized spacial score (nSPS) is 13.6. The van der Waals surface area contributed by atoms with E-state index in [4.69, 9.17) is 23.9 Å². The number of hydrogen-bond donors (Lipinski definition) is 6. The number of nitrogens with two attached hydrogens (primary N) is 4. The van der Waals surface area contributed by atoms with E-state index in [1.54, 1.807) is 14.2 Å². The molecule has 0 bridgehead atoms. The van der Waals surface area contributed by atoms with Gasteiger partial charge in [-0.1, -0.05) is 99.4 Å². The number of benzene rings is 1. The molecule has 0 saturated carbocycles. The second kappa shape index (κ2) is 56.2. The Balaban J connectivity index is -0.000000160. The second-order valence-corrected chi connectivity index (χ2v) is 14.8. The zero-order valence-electron chi connectivity index (χ0n) is 42.7. The van der Waals surface area contributed by atoms with Crippen molar-refractivity contribution in [3.8, 4) is 0 Å². The molecule has 0 radical (unpaired) electrons. The van der Waals surface area contributed by atoms with Crippen molar-refractivity contribution in [2.24, 2.45) is 40.7 Å². The Bertz CT molecular complexity index is 1150. The van der Waals surface area contributed by atoms with Gasteiger partial charge in [-0.3, -0.25) is 19.2 Å². The first kappa shape index (κ1) is 73.6. The van der Waals surface area contributed by atoms with Gasteiger partial charge >= 0.3 is 0 Å². The van der Waals surface area contributed by atoms with E-state index in [2.05, 4.69) is 120 Å². The summed E-state index contributed by atoms with van der Waals surface area (Å²) < 4.78 is 11.6. The van der Waals surface area contributed by atoms with E-state index < -0.39 is 0 Å². The Morgan fingerprint density at radius 2 is 1.44 bits per heavy atom. The predicted molar refractivity (Wildman–Crippen MR) is 263 cm³/mol. The van der Waals surface area contributed by atoms with Crippen molar-refractivity contribution in [2.45, 2.75) is 144 Å². The highest BCUT2D eigenvalue weighted by molar-refractivity contribution is 5.78. The van der Waals surface area contributed by atoms with E-state index in [0.717, 1.165) is 58.0 Å². The summed E-state index contributed by atoms with van der Waals surface area (Å²) in [6.45, 7) is 22.8. The minimum absolute atomic E-state index is 0.0399. The van der Waals surface area contributed by atoms with Crippen LogP contribution in [0.15, 0.2) is 24.3 Å². The average Bonchev–Trinajstić information content (AvgIpc) is 3.78. The molecule has 10 N–H and O–H groups in total. The van der Waals surface area contributed by atoms with Crippen LogP contribution in [-0.4, -0.2) is 141 Å². The van der Waals surface area contributed by atoms with Gasteiger partial charge in [0.1, 0.15) is 13.1 Å². The fourth-order valence-corrected chi connectivity index (χ4v) is 6.22. The highest BCUT2D eigenvalue weighted by Crippen LogP contribution is 2.29. The van der Waals surface area contributed by atoms with Crippen LogP contribution in [0.3, 0.4) is 0 Å². The Morgan fingerprint density at radius 1 is 0.952 bits per heavy atom. The molecule has 5 unspecified atom stereocenters. The number of likely N-dealkylation sites (N-methyl/N-ethyl adjacent to an activating group) is 1. The predicted octanol–water partition coefficient (Wildman–Crippen LogP) is 4.36. The molecule has 0 aliphatic carbocycles. The number of nitrogens with one attached hydrogen (secondary N) is 2. The molecule has 4 amide bonds. The molecule has 1 fully saturated rings. The molecule has 2 rings (SSSR count). The fraction of sp³-hybridized carbons (Fsp3) is 0.745. The van der Waals surface area contributed by atoms with Crippen LogP contribution in [0.25, 0.3) is 0 Å². The quantitative estimate of drug-likeness (QED) is 0.0837. The van der Waals surface area contributed by atoms with Crippen LogP contribution in [0.4, 0.5) is 0 Å². The van der Waals surface area contributed by atoms with Crippen molar-refractivity contribution in [3.63, 3.8) is 0 Å². The van der Waals surface area contributed by atoms with Gasteiger partial charge in [-0.25, -0.2) is 0 Å². The topological polar surface area (TPSA) is 256 Å². The van der Waals surface area contributed by atoms with Crippen LogP contribution in [0.2, 0.25) is 0 Å². The highest BCUT2D eigenvalue weighted by atomic mass is 16.5. The van der Waals surface area contributed by atoms with Crippen molar-refractivity contribution in [3.05, 3.63) is 35.4 Å². The lowest BCUT2D eigenvalue weighted by molar-refractivity contribution is -0.144. The second-order valence-electron chi connectivity index (χ2n) is 14.8. The number of nitrogens with zero attached hydrogens (tertiary/aromatic N) is 2.